The van der Waals surface area contributed by atoms with Crippen LogP contribution in [0.15, 0.2) is 23.3 Å². The molecule has 0 aromatic carbocycles. The van der Waals surface area contributed by atoms with E-state index in [9.17, 15) is 0 Å². The third-order valence-electron chi connectivity index (χ3n) is 4.09. The average molecular weight is 208 g/mol. The number of allylic oxidation sites excluding steroid dienone is 3. The van der Waals surface area contributed by atoms with Crippen LogP contribution in [0.25, 0.3) is 0 Å². The van der Waals surface area contributed by atoms with Crippen LogP contribution in [0.3, 0.4) is 0 Å². The van der Waals surface area contributed by atoms with E-state index in [4.69, 9.17) is 5.11 Å². The Hall–Kier alpha value is -0.560. The second-order valence-corrected chi connectivity index (χ2v) is 5.15. The topological polar surface area (TPSA) is 20.2 Å². The number of hydrogen-bond acceptors (Lipinski definition) is 1. The van der Waals surface area contributed by atoms with Crippen LogP contribution < -0.4 is 0 Å². The van der Waals surface area contributed by atoms with E-state index < -0.39 is 0 Å². The lowest BCUT2D eigenvalue weighted by atomic mass is 9.76. The van der Waals surface area contributed by atoms with Gasteiger partial charge in [-0.25, -0.2) is 0 Å². The maximum absolute atomic E-state index is 9.10. The van der Waals surface area contributed by atoms with E-state index >= 15 is 0 Å². The molecule has 1 rings (SSSR count). The van der Waals surface area contributed by atoms with Crippen LogP contribution >= 0.6 is 0 Å². The first-order valence-corrected chi connectivity index (χ1v) is 5.98. The minimum atomic E-state index is 0.218. The minimum Gasteiger partial charge on any atom is -0.392 e. The van der Waals surface area contributed by atoms with Crippen molar-refractivity contribution >= 4 is 0 Å². The first-order chi connectivity index (χ1) is 7.02. The van der Waals surface area contributed by atoms with Crippen molar-refractivity contribution in [1.82, 2.24) is 0 Å². The first kappa shape index (κ1) is 12.5. The van der Waals surface area contributed by atoms with Crippen LogP contribution in [0.5, 0.6) is 0 Å². The molecule has 0 saturated heterocycles. The molecule has 0 fully saturated rings. The molecule has 86 valence electrons. The van der Waals surface area contributed by atoms with Crippen LogP contribution in [0.1, 0.15) is 47.0 Å². The molecule has 1 aliphatic carbocycles. The van der Waals surface area contributed by atoms with Gasteiger partial charge in [0.05, 0.1) is 6.61 Å². The molecule has 0 unspecified atom stereocenters. The van der Waals surface area contributed by atoms with Gasteiger partial charge in [0.15, 0.2) is 0 Å². The molecule has 0 amide bonds. The van der Waals surface area contributed by atoms with Crippen molar-refractivity contribution in [2.75, 3.05) is 6.61 Å². The summed E-state index contributed by atoms with van der Waals surface area (Å²) in [5.41, 5.74) is 3.03. The molecule has 1 N–H and O–H groups in total. The molecule has 1 atom stereocenters. The van der Waals surface area contributed by atoms with Gasteiger partial charge in [-0.05, 0) is 43.1 Å². The van der Waals surface area contributed by atoms with Crippen LogP contribution in [0.2, 0.25) is 0 Å². The summed E-state index contributed by atoms with van der Waals surface area (Å²) in [6, 6.07) is 0. The Morgan fingerprint density at radius 1 is 1.60 bits per heavy atom. The standard InChI is InChI=1S/C14H24O/c1-5-12(10-15)7-9-13-8-6-11(2)14(13,3)4/h6-7,13,15H,5,8-10H2,1-4H3/b12-7+/t13-/m0/s1. The Kier molecular flexibility index (Phi) is 4.15. The van der Waals surface area contributed by atoms with E-state index in [1.807, 2.05) is 0 Å². The molecule has 0 bridgehead atoms. The molecular weight excluding hydrogens is 184 g/mol. The van der Waals surface area contributed by atoms with Crippen molar-refractivity contribution in [1.29, 1.82) is 0 Å². The lowest BCUT2D eigenvalue weighted by Crippen LogP contribution is -2.19. The fourth-order valence-electron chi connectivity index (χ4n) is 2.22. The maximum Gasteiger partial charge on any atom is 0.0641 e. The van der Waals surface area contributed by atoms with Gasteiger partial charge < -0.3 is 5.11 Å². The summed E-state index contributed by atoms with van der Waals surface area (Å²) in [4.78, 5) is 0. The van der Waals surface area contributed by atoms with E-state index in [2.05, 4.69) is 39.8 Å². The average Bonchev–Trinajstić information content (AvgIpc) is 2.45. The van der Waals surface area contributed by atoms with Gasteiger partial charge in [-0.15, -0.1) is 0 Å². The van der Waals surface area contributed by atoms with Crippen LogP contribution in [0.4, 0.5) is 0 Å². The molecule has 0 aromatic heterocycles. The summed E-state index contributed by atoms with van der Waals surface area (Å²) in [7, 11) is 0. The molecule has 1 nitrogen and oxygen atoms in total. The molecule has 0 radical (unpaired) electrons. The second-order valence-electron chi connectivity index (χ2n) is 5.15. The number of hydrogen-bond donors (Lipinski definition) is 1. The highest BCUT2D eigenvalue weighted by atomic mass is 16.3. The zero-order chi connectivity index (χ0) is 11.5. The smallest absolute Gasteiger partial charge is 0.0641 e. The van der Waals surface area contributed by atoms with Crippen molar-refractivity contribution in [3.05, 3.63) is 23.3 Å². The summed E-state index contributed by atoms with van der Waals surface area (Å²) in [5.74, 6) is 0.714. The van der Waals surface area contributed by atoms with E-state index in [-0.39, 0.29) is 6.61 Å². The Balaban J connectivity index is 2.59. The Morgan fingerprint density at radius 2 is 2.27 bits per heavy atom. The van der Waals surface area contributed by atoms with Crippen molar-refractivity contribution in [3.8, 4) is 0 Å². The summed E-state index contributed by atoms with van der Waals surface area (Å²) in [5, 5.41) is 9.10. The van der Waals surface area contributed by atoms with Gasteiger partial charge in [-0.2, -0.15) is 0 Å². The molecule has 1 heteroatoms. The molecule has 0 heterocycles. The third kappa shape index (κ3) is 2.72. The quantitative estimate of drug-likeness (QED) is 0.698. The van der Waals surface area contributed by atoms with Gasteiger partial charge in [0, 0.05) is 0 Å². The van der Waals surface area contributed by atoms with Crippen molar-refractivity contribution < 1.29 is 5.11 Å². The molecule has 15 heavy (non-hydrogen) atoms. The molecule has 0 saturated carbocycles. The molecule has 0 aromatic rings. The monoisotopic (exact) mass is 208 g/mol. The SMILES string of the molecule is CC/C(=C\C[C@@H]1CC=C(C)C1(C)C)CO. The van der Waals surface area contributed by atoms with Gasteiger partial charge in [-0.1, -0.05) is 38.5 Å². The molecule has 0 aliphatic heterocycles. The zero-order valence-corrected chi connectivity index (χ0v) is 10.5. The lowest BCUT2D eigenvalue weighted by molar-refractivity contribution is 0.291. The fraction of sp³-hybridized carbons (Fsp3) is 0.714. The van der Waals surface area contributed by atoms with Gasteiger partial charge >= 0.3 is 0 Å². The highest BCUT2D eigenvalue weighted by molar-refractivity contribution is 5.19. The predicted molar refractivity (Wildman–Crippen MR) is 65.7 cm³/mol. The van der Waals surface area contributed by atoms with Crippen molar-refractivity contribution in [3.63, 3.8) is 0 Å². The normalized spacial score (nSPS) is 25.5. The van der Waals surface area contributed by atoms with Crippen LogP contribution in [0, 0.1) is 11.3 Å². The van der Waals surface area contributed by atoms with Gasteiger partial charge in [0.1, 0.15) is 0 Å². The van der Waals surface area contributed by atoms with E-state index in [0.29, 0.717) is 11.3 Å². The zero-order valence-electron chi connectivity index (χ0n) is 10.5. The first-order valence-electron chi connectivity index (χ1n) is 5.98. The number of aliphatic hydroxyl groups excluding tert-OH is 1. The van der Waals surface area contributed by atoms with Crippen molar-refractivity contribution in [2.24, 2.45) is 11.3 Å². The minimum absolute atomic E-state index is 0.218. The molecule has 0 spiro atoms. The van der Waals surface area contributed by atoms with E-state index in [1.165, 1.54) is 17.6 Å². The summed E-state index contributed by atoms with van der Waals surface area (Å²) in [6.45, 7) is 9.21. The van der Waals surface area contributed by atoms with Gasteiger partial charge in [0.25, 0.3) is 0 Å². The van der Waals surface area contributed by atoms with Gasteiger partial charge in [-0.3, -0.25) is 0 Å². The predicted octanol–water partition coefficient (Wildman–Crippen LogP) is 3.70. The summed E-state index contributed by atoms with van der Waals surface area (Å²) < 4.78 is 0. The summed E-state index contributed by atoms with van der Waals surface area (Å²) >= 11 is 0. The van der Waals surface area contributed by atoms with Crippen LogP contribution in [-0.4, -0.2) is 11.7 Å². The second kappa shape index (κ2) is 4.98. The maximum atomic E-state index is 9.10. The number of rotatable bonds is 4. The van der Waals surface area contributed by atoms with Gasteiger partial charge in [0.2, 0.25) is 0 Å². The lowest BCUT2D eigenvalue weighted by Gasteiger charge is -2.29. The van der Waals surface area contributed by atoms with Crippen LogP contribution in [-0.2, 0) is 0 Å². The van der Waals surface area contributed by atoms with E-state index in [0.717, 1.165) is 12.8 Å². The Labute approximate surface area is 93.9 Å². The fourth-order valence-corrected chi connectivity index (χ4v) is 2.22. The Morgan fingerprint density at radius 3 is 2.67 bits per heavy atom. The highest BCUT2D eigenvalue weighted by Gasteiger charge is 2.33. The highest BCUT2D eigenvalue weighted by Crippen LogP contribution is 2.44. The Bertz CT molecular complexity index is 265. The third-order valence-corrected chi connectivity index (χ3v) is 4.09. The molecule has 1 aliphatic rings. The summed E-state index contributed by atoms with van der Waals surface area (Å²) in [6.07, 6.45) is 7.86. The van der Waals surface area contributed by atoms with Crippen molar-refractivity contribution in [2.45, 2.75) is 47.0 Å². The number of aliphatic hydroxyl groups is 1. The largest absolute Gasteiger partial charge is 0.392 e. The van der Waals surface area contributed by atoms with E-state index in [1.54, 1.807) is 0 Å². The molecular formula is C14H24O.